The van der Waals surface area contributed by atoms with Crippen LogP contribution in [-0.2, 0) is 10.0 Å². The second kappa shape index (κ2) is 9.49. The van der Waals surface area contributed by atoms with Gasteiger partial charge in [0, 0.05) is 30.9 Å². The average molecular weight is 514 g/mol. The van der Waals surface area contributed by atoms with E-state index >= 15 is 0 Å². The molecule has 2 aromatic carbocycles. The Kier molecular flexibility index (Phi) is 6.39. The third-order valence-corrected chi connectivity index (χ3v) is 8.44. The molecule has 8 nitrogen and oxygen atoms in total. The highest BCUT2D eigenvalue weighted by atomic mass is 35.5. The Morgan fingerprint density at radius 1 is 1.03 bits per heavy atom. The standard InChI is InChI=1S/C25H24ClN3O5S/c1-17-5-4-8-24(27-17)29(25(30)20-6-2-3-7-21(20)26)18-11-13-28(14-12-18)35(31,32)19-9-10-22-23(15-19)34-16-33-22/h2-10,15,18H,11-14,16H2,1H3. The minimum atomic E-state index is -3.73. The van der Waals surface area contributed by atoms with E-state index in [1.807, 2.05) is 19.1 Å². The molecule has 1 amide bonds. The maximum atomic E-state index is 13.6. The molecule has 2 aliphatic rings. The molecule has 0 radical (unpaired) electrons. The summed E-state index contributed by atoms with van der Waals surface area (Å²) in [6.07, 6.45) is 0.908. The van der Waals surface area contributed by atoms with Crippen molar-refractivity contribution in [2.45, 2.75) is 30.7 Å². The number of halogens is 1. The van der Waals surface area contributed by atoms with Gasteiger partial charge in [-0.2, -0.15) is 4.31 Å². The zero-order valence-corrected chi connectivity index (χ0v) is 20.6. The fourth-order valence-corrected chi connectivity index (χ4v) is 6.11. The molecule has 0 aliphatic carbocycles. The van der Waals surface area contributed by atoms with Crippen LogP contribution in [0, 0.1) is 6.92 Å². The van der Waals surface area contributed by atoms with E-state index in [1.165, 1.54) is 16.4 Å². The van der Waals surface area contributed by atoms with E-state index < -0.39 is 10.0 Å². The van der Waals surface area contributed by atoms with Crippen LogP contribution in [0.5, 0.6) is 11.5 Å². The number of rotatable bonds is 5. The van der Waals surface area contributed by atoms with Gasteiger partial charge in [-0.1, -0.05) is 29.8 Å². The topological polar surface area (TPSA) is 89.0 Å². The number of hydrogen-bond donors (Lipinski definition) is 0. The Balaban J connectivity index is 1.39. The fraction of sp³-hybridized carbons (Fsp3) is 0.280. The first kappa shape index (κ1) is 23.6. The van der Waals surface area contributed by atoms with Gasteiger partial charge in [-0.3, -0.25) is 9.69 Å². The van der Waals surface area contributed by atoms with E-state index in [4.69, 9.17) is 21.1 Å². The smallest absolute Gasteiger partial charge is 0.261 e. The van der Waals surface area contributed by atoms with Crippen molar-refractivity contribution in [1.29, 1.82) is 0 Å². The minimum Gasteiger partial charge on any atom is -0.454 e. The van der Waals surface area contributed by atoms with Gasteiger partial charge in [0.25, 0.3) is 5.91 Å². The Bertz CT molecular complexity index is 1370. The zero-order valence-electron chi connectivity index (χ0n) is 19.1. The van der Waals surface area contributed by atoms with Gasteiger partial charge in [-0.05, 0) is 56.2 Å². The zero-order chi connectivity index (χ0) is 24.6. The van der Waals surface area contributed by atoms with Gasteiger partial charge in [-0.15, -0.1) is 0 Å². The van der Waals surface area contributed by atoms with E-state index in [2.05, 4.69) is 4.98 Å². The summed E-state index contributed by atoms with van der Waals surface area (Å²) in [4.78, 5) is 20.0. The number of aromatic nitrogens is 1. The molecule has 1 saturated heterocycles. The van der Waals surface area contributed by atoms with Crippen LogP contribution in [0.2, 0.25) is 5.02 Å². The minimum absolute atomic E-state index is 0.0759. The van der Waals surface area contributed by atoms with E-state index in [9.17, 15) is 13.2 Å². The number of fused-ring (bicyclic) bond motifs is 1. The summed E-state index contributed by atoms with van der Waals surface area (Å²) >= 11 is 6.34. The molecule has 0 spiro atoms. The van der Waals surface area contributed by atoms with Crippen molar-refractivity contribution in [3.8, 4) is 11.5 Å². The number of hydrogen-bond acceptors (Lipinski definition) is 6. The van der Waals surface area contributed by atoms with Crippen LogP contribution < -0.4 is 14.4 Å². The molecule has 2 aliphatic heterocycles. The Morgan fingerprint density at radius 2 is 1.77 bits per heavy atom. The number of benzene rings is 2. The summed E-state index contributed by atoms with van der Waals surface area (Å²) in [5.74, 6) is 1.21. The summed E-state index contributed by atoms with van der Waals surface area (Å²) < 4.78 is 38.7. The van der Waals surface area contributed by atoms with Crippen molar-refractivity contribution >= 4 is 33.3 Å². The first-order chi connectivity index (χ1) is 16.8. The fourth-order valence-electron chi connectivity index (χ4n) is 4.41. The summed E-state index contributed by atoms with van der Waals surface area (Å²) in [6.45, 7) is 2.47. The number of carbonyl (C=O) groups excluding carboxylic acids is 1. The molecule has 35 heavy (non-hydrogen) atoms. The van der Waals surface area contributed by atoms with E-state index in [0.717, 1.165) is 5.69 Å². The van der Waals surface area contributed by atoms with Crippen molar-refractivity contribution in [3.63, 3.8) is 0 Å². The van der Waals surface area contributed by atoms with Crippen molar-refractivity contribution in [2.75, 3.05) is 24.8 Å². The van der Waals surface area contributed by atoms with Gasteiger partial charge in [0.1, 0.15) is 5.82 Å². The van der Waals surface area contributed by atoms with Gasteiger partial charge in [0.05, 0.1) is 15.5 Å². The SMILES string of the molecule is Cc1cccc(N(C(=O)c2ccccc2Cl)C2CCN(S(=O)(=O)c3ccc4c(c3)OCO4)CC2)n1. The maximum Gasteiger partial charge on any atom is 0.261 e. The molecule has 0 N–H and O–H groups in total. The highest BCUT2D eigenvalue weighted by Crippen LogP contribution is 2.35. The number of piperidine rings is 1. The molecule has 0 saturated carbocycles. The van der Waals surface area contributed by atoms with Crippen molar-refractivity contribution in [1.82, 2.24) is 9.29 Å². The predicted octanol–water partition coefficient (Wildman–Crippen LogP) is 4.27. The molecule has 0 unspecified atom stereocenters. The van der Waals surface area contributed by atoms with Gasteiger partial charge in [0.2, 0.25) is 16.8 Å². The van der Waals surface area contributed by atoms with E-state index in [0.29, 0.717) is 40.7 Å². The van der Waals surface area contributed by atoms with Crippen molar-refractivity contribution < 1.29 is 22.7 Å². The highest BCUT2D eigenvalue weighted by molar-refractivity contribution is 7.89. The Morgan fingerprint density at radius 3 is 2.51 bits per heavy atom. The molecule has 182 valence electrons. The summed E-state index contributed by atoms with van der Waals surface area (Å²) in [5.41, 5.74) is 1.16. The average Bonchev–Trinajstić information content (AvgIpc) is 3.33. The molecule has 0 bridgehead atoms. The highest BCUT2D eigenvalue weighted by Gasteiger charge is 2.36. The Labute approximate surface area is 209 Å². The third-order valence-electron chi connectivity index (χ3n) is 6.21. The normalized spacial score (nSPS) is 16.3. The van der Waals surface area contributed by atoms with Crippen LogP contribution in [0.3, 0.4) is 0 Å². The maximum absolute atomic E-state index is 13.6. The third kappa shape index (κ3) is 4.59. The number of ether oxygens (including phenoxy) is 2. The first-order valence-electron chi connectivity index (χ1n) is 11.3. The number of nitrogens with zero attached hydrogens (tertiary/aromatic N) is 3. The number of sulfonamides is 1. The van der Waals surface area contributed by atoms with E-state index in [1.54, 1.807) is 41.3 Å². The lowest BCUT2D eigenvalue weighted by molar-refractivity contribution is 0.0967. The Hall–Kier alpha value is -3.14. The molecule has 0 atom stereocenters. The monoisotopic (exact) mass is 513 g/mol. The molecular formula is C25H24ClN3O5S. The number of amides is 1. The van der Waals surface area contributed by atoms with Gasteiger partial charge in [-0.25, -0.2) is 13.4 Å². The van der Waals surface area contributed by atoms with Crippen LogP contribution in [-0.4, -0.2) is 49.5 Å². The summed E-state index contributed by atoms with van der Waals surface area (Å²) in [6, 6.07) is 16.8. The quantitative estimate of drug-likeness (QED) is 0.506. The van der Waals surface area contributed by atoms with Gasteiger partial charge >= 0.3 is 0 Å². The van der Waals surface area contributed by atoms with Gasteiger partial charge < -0.3 is 9.47 Å². The number of carbonyl (C=O) groups is 1. The summed E-state index contributed by atoms with van der Waals surface area (Å²) in [7, 11) is -3.73. The largest absolute Gasteiger partial charge is 0.454 e. The lowest BCUT2D eigenvalue weighted by Gasteiger charge is -2.37. The van der Waals surface area contributed by atoms with Crippen LogP contribution in [0.1, 0.15) is 28.9 Å². The lowest BCUT2D eigenvalue weighted by atomic mass is 10.0. The van der Waals surface area contributed by atoms with Crippen LogP contribution >= 0.6 is 11.6 Å². The number of anilines is 1. The molecule has 1 aromatic heterocycles. The predicted molar refractivity (Wildman–Crippen MR) is 132 cm³/mol. The number of pyridine rings is 1. The molecule has 3 heterocycles. The first-order valence-corrected chi connectivity index (χ1v) is 13.1. The van der Waals surface area contributed by atoms with Gasteiger partial charge in [0.15, 0.2) is 11.5 Å². The number of aryl methyl sites for hydroxylation is 1. The van der Waals surface area contributed by atoms with Crippen LogP contribution in [0.4, 0.5) is 5.82 Å². The van der Waals surface area contributed by atoms with Crippen molar-refractivity contribution in [2.24, 2.45) is 0 Å². The van der Waals surface area contributed by atoms with Crippen molar-refractivity contribution in [3.05, 3.63) is 76.9 Å². The second-order valence-corrected chi connectivity index (χ2v) is 10.8. The molecule has 3 aromatic rings. The lowest BCUT2D eigenvalue weighted by Crippen LogP contribution is -2.49. The van der Waals surface area contributed by atoms with E-state index in [-0.39, 0.29) is 36.7 Å². The summed E-state index contributed by atoms with van der Waals surface area (Å²) in [5, 5.41) is 0.359. The molecule has 5 rings (SSSR count). The second-order valence-electron chi connectivity index (χ2n) is 8.44. The van der Waals surface area contributed by atoms with Crippen LogP contribution in [0.25, 0.3) is 0 Å². The molecular weight excluding hydrogens is 490 g/mol. The molecule has 1 fully saturated rings. The molecule has 10 heteroatoms. The van der Waals surface area contributed by atoms with Crippen LogP contribution in [0.15, 0.2) is 65.6 Å².